The number of carbonyl (C=O) groups is 2. The second-order valence-electron chi connectivity index (χ2n) is 8.84. The zero-order chi connectivity index (χ0) is 24.3. The number of benzene rings is 2. The lowest BCUT2D eigenvalue weighted by Crippen LogP contribution is -2.49. The second-order valence-corrected chi connectivity index (χ2v) is 8.84. The van der Waals surface area contributed by atoms with E-state index >= 15 is 0 Å². The van der Waals surface area contributed by atoms with E-state index in [0.717, 1.165) is 5.56 Å². The van der Waals surface area contributed by atoms with Crippen molar-refractivity contribution < 1.29 is 18.4 Å². The third-order valence-corrected chi connectivity index (χ3v) is 6.76. The third-order valence-electron chi connectivity index (χ3n) is 6.76. The lowest BCUT2D eigenvalue weighted by atomic mass is 9.88. The molecular weight excluding hydrogens is 454 g/mol. The monoisotopic (exact) mass is 474 g/mol. The molecule has 1 atom stereocenters. The summed E-state index contributed by atoms with van der Waals surface area (Å²) in [5, 5.41) is 0. The van der Waals surface area contributed by atoms with Crippen LogP contribution in [0, 0.1) is 11.6 Å². The van der Waals surface area contributed by atoms with Crippen LogP contribution in [0.15, 0.2) is 54.6 Å². The number of hydrogen-bond acceptors (Lipinski definition) is 5. The Morgan fingerprint density at radius 1 is 0.971 bits per heavy atom. The number of carbonyl (C=O) groups excluding carboxylic acids is 2. The number of aromatic nitrogens is 3. The number of aromatic amines is 1. The van der Waals surface area contributed by atoms with Gasteiger partial charge in [0, 0.05) is 30.6 Å². The standard InChI is InChI=1S/C25H20F2N6O2/c26-15-3-1-14(2-4-15)12-32-10-9-25(24(32)35)18-6-5-16(27)11-17(18)23(34)33(25)13-21-29-19-7-8-20(28)30-22(19)31-21/h1-8,11H,9-10,12-13H2,(H3,28,29,30,31)/t25-/m0/s1. The first-order valence-corrected chi connectivity index (χ1v) is 11.1. The molecular formula is C25H20F2N6O2. The summed E-state index contributed by atoms with van der Waals surface area (Å²) in [5.74, 6) is -0.864. The van der Waals surface area contributed by atoms with Gasteiger partial charge < -0.3 is 20.5 Å². The second kappa shape index (κ2) is 7.59. The Labute approximate surface area is 198 Å². The van der Waals surface area contributed by atoms with E-state index in [0.29, 0.717) is 41.3 Å². The number of nitrogens with zero attached hydrogens (tertiary/aromatic N) is 4. The minimum atomic E-state index is -1.29. The maximum absolute atomic E-state index is 14.1. The van der Waals surface area contributed by atoms with E-state index in [1.54, 1.807) is 29.2 Å². The highest BCUT2D eigenvalue weighted by atomic mass is 19.1. The lowest BCUT2D eigenvalue weighted by molar-refractivity contribution is -0.137. The zero-order valence-electron chi connectivity index (χ0n) is 18.5. The van der Waals surface area contributed by atoms with E-state index < -0.39 is 17.3 Å². The van der Waals surface area contributed by atoms with Gasteiger partial charge in [-0.1, -0.05) is 18.2 Å². The van der Waals surface area contributed by atoms with Crippen molar-refractivity contribution >= 4 is 28.8 Å². The number of nitrogen functional groups attached to an aromatic ring is 1. The molecule has 1 spiro atoms. The Balaban J connectivity index is 1.39. The van der Waals surface area contributed by atoms with Crippen molar-refractivity contribution in [3.63, 3.8) is 0 Å². The summed E-state index contributed by atoms with van der Waals surface area (Å²) in [6.07, 6.45) is 0.336. The molecule has 2 aromatic carbocycles. The van der Waals surface area contributed by atoms with E-state index in [1.165, 1.54) is 35.2 Å². The summed E-state index contributed by atoms with van der Waals surface area (Å²) in [6, 6.07) is 13.3. The zero-order valence-corrected chi connectivity index (χ0v) is 18.5. The summed E-state index contributed by atoms with van der Waals surface area (Å²) in [7, 11) is 0. The quantitative estimate of drug-likeness (QED) is 0.473. The van der Waals surface area contributed by atoms with Crippen molar-refractivity contribution in [3.05, 3.63) is 88.7 Å². The minimum absolute atomic E-state index is 0.00151. The van der Waals surface area contributed by atoms with Gasteiger partial charge in [-0.15, -0.1) is 0 Å². The fourth-order valence-electron chi connectivity index (χ4n) is 5.13. The van der Waals surface area contributed by atoms with Crippen LogP contribution in [0.3, 0.4) is 0 Å². The first kappa shape index (κ1) is 21.2. The molecule has 2 aliphatic heterocycles. The topological polar surface area (TPSA) is 108 Å². The molecule has 1 saturated heterocycles. The van der Waals surface area contributed by atoms with Gasteiger partial charge in [0.25, 0.3) is 11.8 Å². The van der Waals surface area contributed by atoms with Crippen LogP contribution in [0.4, 0.5) is 14.6 Å². The molecule has 1 fully saturated rings. The summed E-state index contributed by atoms with van der Waals surface area (Å²) in [5.41, 5.74) is 6.94. The largest absolute Gasteiger partial charge is 0.384 e. The number of amides is 2. The predicted molar refractivity (Wildman–Crippen MR) is 123 cm³/mol. The molecule has 8 nitrogen and oxygen atoms in total. The van der Waals surface area contributed by atoms with Gasteiger partial charge in [0.15, 0.2) is 11.2 Å². The van der Waals surface area contributed by atoms with Gasteiger partial charge >= 0.3 is 0 Å². The average Bonchev–Trinajstić information content (AvgIpc) is 3.45. The van der Waals surface area contributed by atoms with Crippen LogP contribution in [0.25, 0.3) is 11.2 Å². The van der Waals surface area contributed by atoms with Crippen LogP contribution in [0.1, 0.15) is 33.7 Å². The Morgan fingerprint density at radius 2 is 1.74 bits per heavy atom. The molecule has 3 N–H and O–H groups in total. The number of hydrogen-bond donors (Lipinski definition) is 2. The van der Waals surface area contributed by atoms with Gasteiger partial charge in [0.2, 0.25) is 0 Å². The molecule has 0 aliphatic carbocycles. The summed E-state index contributed by atoms with van der Waals surface area (Å²) < 4.78 is 27.4. The van der Waals surface area contributed by atoms with Crippen LogP contribution in [-0.2, 0) is 23.4 Å². The molecule has 10 heteroatoms. The minimum Gasteiger partial charge on any atom is -0.384 e. The number of halogens is 2. The summed E-state index contributed by atoms with van der Waals surface area (Å²) in [6.45, 7) is 0.657. The Morgan fingerprint density at radius 3 is 2.54 bits per heavy atom. The molecule has 2 aliphatic rings. The lowest BCUT2D eigenvalue weighted by Gasteiger charge is -2.33. The first-order valence-electron chi connectivity index (χ1n) is 11.1. The normalized spacial score (nSPS) is 19.4. The molecule has 0 bridgehead atoms. The molecule has 6 rings (SSSR count). The third kappa shape index (κ3) is 3.24. The van der Waals surface area contributed by atoms with E-state index in [9.17, 15) is 18.4 Å². The van der Waals surface area contributed by atoms with Crippen molar-refractivity contribution in [2.75, 3.05) is 12.3 Å². The van der Waals surface area contributed by atoms with Crippen LogP contribution in [0.5, 0.6) is 0 Å². The molecule has 0 radical (unpaired) electrons. The number of rotatable bonds is 4. The van der Waals surface area contributed by atoms with Gasteiger partial charge in [-0.3, -0.25) is 9.59 Å². The summed E-state index contributed by atoms with van der Waals surface area (Å²) in [4.78, 5) is 42.3. The van der Waals surface area contributed by atoms with Crippen LogP contribution >= 0.6 is 0 Å². The van der Waals surface area contributed by atoms with Crippen molar-refractivity contribution in [3.8, 4) is 0 Å². The van der Waals surface area contributed by atoms with E-state index in [-0.39, 0.29) is 30.4 Å². The fraction of sp³-hybridized carbons (Fsp3) is 0.200. The molecule has 0 unspecified atom stereocenters. The molecule has 2 aromatic heterocycles. The SMILES string of the molecule is Nc1ccc2[nH]c(CN3C(=O)c4cc(F)ccc4[C@]34CCN(Cc3ccc(F)cc3)C4=O)nc2n1. The van der Waals surface area contributed by atoms with E-state index in [2.05, 4.69) is 15.0 Å². The van der Waals surface area contributed by atoms with Crippen LogP contribution in [-0.4, -0.2) is 43.1 Å². The van der Waals surface area contributed by atoms with Crippen molar-refractivity contribution in [1.29, 1.82) is 0 Å². The molecule has 0 saturated carbocycles. The maximum atomic E-state index is 14.1. The highest BCUT2D eigenvalue weighted by Gasteiger charge is 2.59. The number of nitrogens with one attached hydrogen (secondary N) is 1. The number of fused-ring (bicyclic) bond motifs is 3. The number of anilines is 1. The molecule has 35 heavy (non-hydrogen) atoms. The predicted octanol–water partition coefficient (Wildman–Crippen LogP) is 3.10. The first-order chi connectivity index (χ1) is 16.8. The van der Waals surface area contributed by atoms with Gasteiger partial charge in [0.1, 0.15) is 23.3 Å². The number of imidazole rings is 1. The molecule has 4 heterocycles. The van der Waals surface area contributed by atoms with Crippen molar-refractivity contribution in [2.24, 2.45) is 0 Å². The van der Waals surface area contributed by atoms with Gasteiger partial charge in [0.05, 0.1) is 12.1 Å². The van der Waals surface area contributed by atoms with Gasteiger partial charge in [-0.05, 0) is 42.0 Å². The molecule has 2 amide bonds. The molecule has 4 aromatic rings. The highest BCUT2D eigenvalue weighted by Crippen LogP contribution is 2.47. The molecule has 176 valence electrons. The van der Waals surface area contributed by atoms with E-state index in [1.807, 2.05) is 0 Å². The fourth-order valence-corrected chi connectivity index (χ4v) is 5.13. The highest BCUT2D eigenvalue weighted by molar-refractivity contribution is 6.07. The van der Waals surface area contributed by atoms with Crippen LogP contribution < -0.4 is 5.73 Å². The van der Waals surface area contributed by atoms with E-state index in [4.69, 9.17) is 5.73 Å². The Hall–Kier alpha value is -4.34. The van der Waals surface area contributed by atoms with Gasteiger partial charge in [-0.2, -0.15) is 0 Å². The number of H-pyrrole nitrogens is 1. The number of pyridine rings is 1. The number of likely N-dealkylation sites (tertiary alicyclic amines) is 1. The van der Waals surface area contributed by atoms with Crippen molar-refractivity contribution in [1.82, 2.24) is 24.8 Å². The number of nitrogens with two attached hydrogens (primary N) is 1. The van der Waals surface area contributed by atoms with Gasteiger partial charge in [-0.25, -0.2) is 18.7 Å². The Kier molecular flexibility index (Phi) is 4.60. The van der Waals surface area contributed by atoms with Crippen molar-refractivity contribution in [2.45, 2.75) is 25.0 Å². The average molecular weight is 474 g/mol. The Bertz CT molecular complexity index is 1500. The van der Waals surface area contributed by atoms with Crippen LogP contribution in [0.2, 0.25) is 0 Å². The smallest absolute Gasteiger partial charge is 0.255 e. The maximum Gasteiger partial charge on any atom is 0.255 e. The summed E-state index contributed by atoms with van der Waals surface area (Å²) >= 11 is 0.